The maximum atomic E-state index is 3.66. The van der Waals surface area contributed by atoms with E-state index in [1.165, 1.54) is 55.6 Å². The van der Waals surface area contributed by atoms with E-state index in [1.807, 2.05) is 0 Å². The predicted molar refractivity (Wildman–Crippen MR) is 80.3 cm³/mol. The molecule has 0 amide bonds. The molecule has 1 aliphatic carbocycles. The molecule has 1 heterocycles. The smallest absolute Gasteiger partial charge is 0.0208 e. The zero-order valence-electron chi connectivity index (χ0n) is 12.3. The fourth-order valence-electron chi connectivity index (χ4n) is 3.21. The minimum atomic E-state index is 0.866. The summed E-state index contributed by atoms with van der Waals surface area (Å²) in [5.74, 6) is 0.866. The molecule has 0 radical (unpaired) electrons. The van der Waals surface area contributed by atoms with E-state index in [-0.39, 0.29) is 0 Å². The van der Waals surface area contributed by atoms with Crippen LogP contribution in [-0.4, -0.2) is 30.6 Å². The Morgan fingerprint density at radius 2 is 2.05 bits per heavy atom. The van der Waals surface area contributed by atoms with E-state index in [1.54, 1.807) is 0 Å². The van der Waals surface area contributed by atoms with Crippen LogP contribution in [0.25, 0.3) is 0 Å². The van der Waals surface area contributed by atoms with Crippen LogP contribution < -0.4 is 5.32 Å². The third-order valence-corrected chi connectivity index (χ3v) is 4.85. The summed E-state index contributed by atoms with van der Waals surface area (Å²) in [5.41, 5.74) is 4.30. The first-order valence-electron chi connectivity index (χ1n) is 7.74. The monoisotopic (exact) mass is 258 g/mol. The van der Waals surface area contributed by atoms with Crippen LogP contribution in [0.2, 0.25) is 0 Å². The van der Waals surface area contributed by atoms with Gasteiger partial charge in [-0.05, 0) is 68.8 Å². The van der Waals surface area contributed by atoms with Gasteiger partial charge in [0.05, 0.1) is 0 Å². The van der Waals surface area contributed by atoms with Crippen LogP contribution in [0.5, 0.6) is 0 Å². The molecule has 1 N–H and O–H groups in total. The van der Waals surface area contributed by atoms with Gasteiger partial charge in [0.25, 0.3) is 0 Å². The Labute approximate surface area is 117 Å². The van der Waals surface area contributed by atoms with E-state index >= 15 is 0 Å². The molecule has 1 saturated carbocycles. The zero-order chi connectivity index (χ0) is 13.2. The fraction of sp³-hybridized carbons (Fsp3) is 0.647. The molecule has 1 unspecified atom stereocenters. The molecule has 2 fully saturated rings. The summed E-state index contributed by atoms with van der Waals surface area (Å²) in [7, 11) is 0. The van der Waals surface area contributed by atoms with Gasteiger partial charge >= 0.3 is 0 Å². The van der Waals surface area contributed by atoms with Crippen molar-refractivity contribution >= 4 is 0 Å². The lowest BCUT2D eigenvalue weighted by molar-refractivity contribution is 0.312. The molecule has 1 saturated heterocycles. The lowest BCUT2D eigenvalue weighted by Gasteiger charge is -2.16. The Morgan fingerprint density at radius 3 is 2.84 bits per heavy atom. The van der Waals surface area contributed by atoms with Crippen molar-refractivity contribution in [3.05, 3.63) is 34.9 Å². The van der Waals surface area contributed by atoms with Crippen molar-refractivity contribution in [1.82, 2.24) is 10.2 Å². The second-order valence-corrected chi connectivity index (χ2v) is 6.37. The first-order valence-corrected chi connectivity index (χ1v) is 7.74. The maximum Gasteiger partial charge on any atom is 0.0208 e. The summed E-state index contributed by atoms with van der Waals surface area (Å²) in [6.45, 7) is 9.29. The van der Waals surface area contributed by atoms with Crippen LogP contribution in [0.3, 0.4) is 0 Å². The number of likely N-dealkylation sites (tertiary alicyclic amines) is 1. The summed E-state index contributed by atoms with van der Waals surface area (Å²) in [5, 5.41) is 3.66. The van der Waals surface area contributed by atoms with E-state index < -0.39 is 0 Å². The summed E-state index contributed by atoms with van der Waals surface area (Å²) in [6.07, 6.45) is 4.28. The Morgan fingerprint density at radius 1 is 1.21 bits per heavy atom. The first-order chi connectivity index (χ1) is 9.24. The highest BCUT2D eigenvalue weighted by molar-refractivity contribution is 5.32. The molecule has 0 aromatic heterocycles. The summed E-state index contributed by atoms with van der Waals surface area (Å²) >= 11 is 0. The number of hydrogen-bond donors (Lipinski definition) is 1. The minimum Gasteiger partial charge on any atom is -0.312 e. The normalized spacial score (nSPS) is 24.0. The van der Waals surface area contributed by atoms with E-state index in [0.29, 0.717) is 0 Å². The highest BCUT2D eigenvalue weighted by Gasteiger charge is 2.33. The number of benzene rings is 1. The standard InChI is InChI=1S/C17H26N2/c1-13-4-3-5-16(14(13)2)11-18-10-15-8-9-19(12-15)17-6-7-17/h3-5,15,17-18H,6-12H2,1-2H3. The maximum absolute atomic E-state index is 3.66. The highest BCUT2D eigenvalue weighted by Crippen LogP contribution is 2.31. The molecule has 2 nitrogen and oxygen atoms in total. The SMILES string of the molecule is Cc1cccc(CNCC2CCN(C3CC3)C2)c1C. The third-order valence-electron chi connectivity index (χ3n) is 4.85. The van der Waals surface area contributed by atoms with Crippen molar-refractivity contribution in [3.8, 4) is 0 Å². The largest absolute Gasteiger partial charge is 0.312 e. The minimum absolute atomic E-state index is 0.866. The molecule has 1 aromatic carbocycles. The number of nitrogens with zero attached hydrogens (tertiary/aromatic N) is 1. The number of nitrogens with one attached hydrogen (secondary N) is 1. The Hall–Kier alpha value is -0.860. The number of hydrogen-bond acceptors (Lipinski definition) is 2. The van der Waals surface area contributed by atoms with E-state index in [2.05, 4.69) is 42.3 Å². The predicted octanol–water partition coefficient (Wildman–Crippen LogP) is 2.88. The van der Waals surface area contributed by atoms with Crippen LogP contribution in [0.15, 0.2) is 18.2 Å². The molecule has 0 bridgehead atoms. The Kier molecular flexibility index (Phi) is 3.90. The molecule has 1 atom stereocenters. The van der Waals surface area contributed by atoms with E-state index in [9.17, 15) is 0 Å². The third kappa shape index (κ3) is 3.18. The summed E-state index contributed by atoms with van der Waals surface area (Å²) in [6, 6.07) is 7.57. The second-order valence-electron chi connectivity index (χ2n) is 6.37. The molecule has 0 spiro atoms. The summed E-state index contributed by atoms with van der Waals surface area (Å²) < 4.78 is 0. The lowest BCUT2D eigenvalue weighted by atomic mass is 10.0. The molecule has 2 heteroatoms. The lowest BCUT2D eigenvalue weighted by Crippen LogP contribution is -2.27. The van der Waals surface area contributed by atoms with Crippen LogP contribution in [0.4, 0.5) is 0 Å². The van der Waals surface area contributed by atoms with E-state index in [4.69, 9.17) is 0 Å². The topological polar surface area (TPSA) is 15.3 Å². The first kappa shape index (κ1) is 13.1. The van der Waals surface area contributed by atoms with Gasteiger partial charge in [-0.2, -0.15) is 0 Å². The van der Waals surface area contributed by atoms with Gasteiger partial charge in [-0.15, -0.1) is 0 Å². The van der Waals surface area contributed by atoms with E-state index in [0.717, 1.165) is 18.5 Å². The Balaban J connectivity index is 1.44. The van der Waals surface area contributed by atoms with Crippen molar-refractivity contribution in [2.75, 3.05) is 19.6 Å². The quantitative estimate of drug-likeness (QED) is 0.873. The zero-order valence-corrected chi connectivity index (χ0v) is 12.3. The molecule has 1 aromatic rings. The van der Waals surface area contributed by atoms with Gasteiger partial charge in [0.1, 0.15) is 0 Å². The van der Waals surface area contributed by atoms with Gasteiger partial charge in [-0.3, -0.25) is 0 Å². The molecule has 104 valence electrons. The van der Waals surface area contributed by atoms with Gasteiger partial charge in [0.2, 0.25) is 0 Å². The van der Waals surface area contributed by atoms with Crippen molar-refractivity contribution in [2.24, 2.45) is 5.92 Å². The van der Waals surface area contributed by atoms with Crippen molar-refractivity contribution in [2.45, 2.75) is 45.7 Å². The second kappa shape index (κ2) is 5.64. The van der Waals surface area contributed by atoms with Crippen molar-refractivity contribution < 1.29 is 0 Å². The van der Waals surface area contributed by atoms with Gasteiger partial charge in [0, 0.05) is 19.1 Å². The van der Waals surface area contributed by atoms with Crippen LogP contribution >= 0.6 is 0 Å². The number of aryl methyl sites for hydroxylation is 1. The van der Waals surface area contributed by atoms with Crippen molar-refractivity contribution in [1.29, 1.82) is 0 Å². The van der Waals surface area contributed by atoms with Crippen LogP contribution in [0.1, 0.15) is 36.0 Å². The molecular weight excluding hydrogens is 232 g/mol. The average molecular weight is 258 g/mol. The molecule has 1 aliphatic heterocycles. The van der Waals surface area contributed by atoms with Crippen LogP contribution in [0, 0.1) is 19.8 Å². The van der Waals surface area contributed by atoms with Crippen molar-refractivity contribution in [3.63, 3.8) is 0 Å². The number of rotatable bonds is 5. The summed E-state index contributed by atoms with van der Waals surface area (Å²) in [4.78, 5) is 2.70. The fourth-order valence-corrected chi connectivity index (χ4v) is 3.21. The molecular formula is C17H26N2. The average Bonchev–Trinajstić information content (AvgIpc) is 3.15. The highest BCUT2D eigenvalue weighted by atomic mass is 15.2. The molecule has 19 heavy (non-hydrogen) atoms. The van der Waals surface area contributed by atoms with Gasteiger partial charge < -0.3 is 10.2 Å². The van der Waals surface area contributed by atoms with Gasteiger partial charge in [-0.25, -0.2) is 0 Å². The van der Waals surface area contributed by atoms with Gasteiger partial charge in [-0.1, -0.05) is 18.2 Å². The van der Waals surface area contributed by atoms with Gasteiger partial charge in [0.15, 0.2) is 0 Å². The Bertz CT molecular complexity index is 437. The molecule has 2 aliphatic rings. The van der Waals surface area contributed by atoms with Crippen LogP contribution in [-0.2, 0) is 6.54 Å². The molecule has 3 rings (SSSR count).